The Labute approximate surface area is 124 Å². The van der Waals surface area contributed by atoms with E-state index in [9.17, 15) is 8.42 Å². The van der Waals surface area contributed by atoms with Gasteiger partial charge in [-0.25, -0.2) is 8.42 Å². The fraction of sp³-hybridized carbons (Fsp3) is 0.286. The van der Waals surface area contributed by atoms with Crippen molar-refractivity contribution in [2.75, 3.05) is 11.3 Å². The molecule has 0 radical (unpaired) electrons. The molecule has 0 spiro atoms. The molecule has 7 heteroatoms. The number of benzene rings is 1. The summed E-state index contributed by atoms with van der Waals surface area (Å²) < 4.78 is 37.7. The van der Waals surface area contributed by atoms with Gasteiger partial charge in [0.25, 0.3) is 10.0 Å². The average Bonchev–Trinajstić information content (AvgIpc) is 2.83. The van der Waals surface area contributed by atoms with Crippen molar-refractivity contribution in [3.63, 3.8) is 0 Å². The Morgan fingerprint density at radius 1 is 1.29 bits per heavy atom. The molecule has 1 aromatic heterocycles. The van der Waals surface area contributed by atoms with Gasteiger partial charge >= 0.3 is 0 Å². The van der Waals surface area contributed by atoms with Gasteiger partial charge in [-0.1, -0.05) is 0 Å². The van der Waals surface area contributed by atoms with Gasteiger partial charge in [0.15, 0.2) is 0 Å². The lowest BCUT2D eigenvalue weighted by atomic mass is 10.3. The molecule has 0 fully saturated rings. The zero-order valence-corrected chi connectivity index (χ0v) is 12.7. The van der Waals surface area contributed by atoms with Gasteiger partial charge in [0.05, 0.1) is 13.2 Å². The van der Waals surface area contributed by atoms with Crippen molar-refractivity contribution in [1.29, 1.82) is 0 Å². The van der Waals surface area contributed by atoms with Crippen molar-refractivity contribution in [2.45, 2.75) is 25.3 Å². The van der Waals surface area contributed by atoms with Crippen LogP contribution in [-0.4, -0.2) is 15.0 Å². The lowest BCUT2D eigenvalue weighted by Gasteiger charge is -2.08. The second-order valence-corrected chi connectivity index (χ2v) is 6.05. The molecular formula is C14H18N2O4S. The van der Waals surface area contributed by atoms with E-state index in [1.807, 2.05) is 6.92 Å². The molecular weight excluding hydrogens is 292 g/mol. The Hall–Kier alpha value is -1.99. The molecule has 0 atom stereocenters. The zero-order chi connectivity index (χ0) is 15.5. The monoisotopic (exact) mass is 310 g/mol. The zero-order valence-electron chi connectivity index (χ0n) is 11.9. The van der Waals surface area contributed by atoms with Gasteiger partial charge in [-0.3, -0.25) is 4.72 Å². The number of aryl methyl sites for hydroxylation is 1. The predicted octanol–water partition coefficient (Wildman–Crippen LogP) is 2.25. The van der Waals surface area contributed by atoms with Gasteiger partial charge in [0.1, 0.15) is 22.2 Å². The molecule has 0 saturated heterocycles. The first-order valence-corrected chi connectivity index (χ1v) is 7.99. The van der Waals surface area contributed by atoms with Crippen LogP contribution in [0.1, 0.15) is 18.4 Å². The van der Waals surface area contributed by atoms with Crippen LogP contribution in [-0.2, 0) is 16.6 Å². The SMILES string of the molecule is CCOc1ccc(NS(=O)(=O)c2cc(CN)oc2C)cc1. The number of rotatable bonds is 6. The fourth-order valence-corrected chi connectivity index (χ4v) is 3.15. The third kappa shape index (κ3) is 3.56. The third-order valence-corrected chi connectivity index (χ3v) is 4.32. The van der Waals surface area contributed by atoms with Crippen molar-refractivity contribution in [3.8, 4) is 5.75 Å². The molecule has 0 unspecified atom stereocenters. The van der Waals surface area contributed by atoms with E-state index in [1.165, 1.54) is 6.07 Å². The van der Waals surface area contributed by atoms with Crippen LogP contribution in [0.3, 0.4) is 0 Å². The number of hydrogen-bond donors (Lipinski definition) is 2. The highest BCUT2D eigenvalue weighted by molar-refractivity contribution is 7.92. The third-order valence-electron chi connectivity index (χ3n) is 2.83. The van der Waals surface area contributed by atoms with Gasteiger partial charge in [0, 0.05) is 11.8 Å². The van der Waals surface area contributed by atoms with E-state index in [2.05, 4.69) is 4.72 Å². The largest absolute Gasteiger partial charge is 0.494 e. The fourth-order valence-electron chi connectivity index (χ4n) is 1.89. The van der Waals surface area contributed by atoms with Crippen LogP contribution >= 0.6 is 0 Å². The minimum Gasteiger partial charge on any atom is -0.494 e. The molecule has 2 rings (SSSR count). The molecule has 0 saturated carbocycles. The van der Waals surface area contributed by atoms with Gasteiger partial charge in [-0.2, -0.15) is 0 Å². The Morgan fingerprint density at radius 3 is 2.48 bits per heavy atom. The van der Waals surface area contributed by atoms with Crippen molar-refractivity contribution < 1.29 is 17.6 Å². The van der Waals surface area contributed by atoms with E-state index in [-0.39, 0.29) is 11.4 Å². The summed E-state index contributed by atoms with van der Waals surface area (Å²) in [5, 5.41) is 0. The molecule has 0 aliphatic rings. The number of anilines is 1. The molecule has 0 amide bonds. The number of nitrogens with one attached hydrogen (secondary N) is 1. The summed E-state index contributed by atoms with van der Waals surface area (Å²) in [5.41, 5.74) is 5.90. The summed E-state index contributed by atoms with van der Waals surface area (Å²) in [4.78, 5) is 0.0943. The van der Waals surface area contributed by atoms with Crippen LogP contribution in [0.2, 0.25) is 0 Å². The average molecular weight is 310 g/mol. The summed E-state index contributed by atoms with van der Waals surface area (Å²) >= 11 is 0. The van der Waals surface area contributed by atoms with Gasteiger partial charge < -0.3 is 14.9 Å². The van der Waals surface area contributed by atoms with Crippen LogP contribution in [0.5, 0.6) is 5.75 Å². The topological polar surface area (TPSA) is 94.6 Å². The molecule has 0 bridgehead atoms. The Balaban J connectivity index is 2.22. The molecule has 21 heavy (non-hydrogen) atoms. The first kappa shape index (κ1) is 15.4. The van der Waals surface area contributed by atoms with E-state index >= 15 is 0 Å². The number of sulfonamides is 1. The Bertz CT molecular complexity index is 705. The van der Waals surface area contributed by atoms with Crippen LogP contribution < -0.4 is 15.2 Å². The van der Waals surface area contributed by atoms with Crippen LogP contribution in [0.25, 0.3) is 0 Å². The number of nitrogens with two attached hydrogens (primary N) is 1. The minimum absolute atomic E-state index is 0.0943. The first-order chi connectivity index (χ1) is 9.96. The van der Waals surface area contributed by atoms with E-state index < -0.39 is 10.0 Å². The second-order valence-electron chi connectivity index (χ2n) is 4.40. The van der Waals surface area contributed by atoms with Crippen LogP contribution in [0.15, 0.2) is 39.6 Å². The highest BCUT2D eigenvalue weighted by atomic mass is 32.2. The van der Waals surface area contributed by atoms with E-state index in [4.69, 9.17) is 14.9 Å². The smallest absolute Gasteiger partial charge is 0.265 e. The number of furan rings is 1. The maximum atomic E-state index is 12.3. The van der Waals surface area contributed by atoms with E-state index in [0.29, 0.717) is 29.6 Å². The van der Waals surface area contributed by atoms with Gasteiger partial charge in [-0.15, -0.1) is 0 Å². The van der Waals surface area contributed by atoms with Crippen molar-refractivity contribution in [1.82, 2.24) is 0 Å². The Kier molecular flexibility index (Phi) is 4.54. The standard InChI is InChI=1S/C14H18N2O4S/c1-3-19-12-6-4-11(5-7-12)16-21(17,18)14-8-13(9-15)20-10(14)2/h4-8,16H,3,9,15H2,1-2H3. The minimum atomic E-state index is -3.70. The van der Waals surface area contributed by atoms with Crippen molar-refractivity contribution in [2.24, 2.45) is 5.73 Å². The lowest BCUT2D eigenvalue weighted by molar-refractivity contribution is 0.340. The molecule has 114 valence electrons. The van der Waals surface area contributed by atoms with E-state index in [1.54, 1.807) is 31.2 Å². The Morgan fingerprint density at radius 2 is 1.95 bits per heavy atom. The molecule has 0 aliphatic heterocycles. The van der Waals surface area contributed by atoms with E-state index in [0.717, 1.165) is 0 Å². The summed E-state index contributed by atoms with van der Waals surface area (Å²) in [6.45, 7) is 4.18. The summed E-state index contributed by atoms with van der Waals surface area (Å²) in [6, 6.07) is 8.12. The molecule has 0 aliphatic carbocycles. The predicted molar refractivity (Wildman–Crippen MR) is 79.8 cm³/mol. The summed E-state index contributed by atoms with van der Waals surface area (Å²) in [5.74, 6) is 1.43. The quantitative estimate of drug-likeness (QED) is 0.853. The maximum Gasteiger partial charge on any atom is 0.265 e. The molecule has 1 heterocycles. The normalized spacial score (nSPS) is 11.4. The summed E-state index contributed by atoms with van der Waals surface area (Å²) in [6.07, 6.45) is 0. The summed E-state index contributed by atoms with van der Waals surface area (Å²) in [7, 11) is -3.70. The second kappa shape index (κ2) is 6.19. The maximum absolute atomic E-state index is 12.3. The highest BCUT2D eigenvalue weighted by Crippen LogP contribution is 2.23. The van der Waals surface area contributed by atoms with Crippen LogP contribution in [0.4, 0.5) is 5.69 Å². The highest BCUT2D eigenvalue weighted by Gasteiger charge is 2.21. The van der Waals surface area contributed by atoms with Crippen molar-refractivity contribution in [3.05, 3.63) is 41.9 Å². The van der Waals surface area contributed by atoms with Gasteiger partial charge in [0.2, 0.25) is 0 Å². The number of ether oxygens (including phenoxy) is 1. The molecule has 1 aromatic carbocycles. The molecule has 3 N–H and O–H groups in total. The molecule has 6 nitrogen and oxygen atoms in total. The first-order valence-electron chi connectivity index (χ1n) is 6.51. The lowest BCUT2D eigenvalue weighted by Crippen LogP contribution is -2.13. The van der Waals surface area contributed by atoms with Crippen molar-refractivity contribution >= 4 is 15.7 Å². The van der Waals surface area contributed by atoms with Crippen LogP contribution in [0, 0.1) is 6.92 Å². The van der Waals surface area contributed by atoms with Gasteiger partial charge in [-0.05, 0) is 38.1 Å². The number of hydrogen-bond acceptors (Lipinski definition) is 5. The molecule has 2 aromatic rings.